The summed E-state index contributed by atoms with van der Waals surface area (Å²) in [5.41, 5.74) is 4.94. The lowest BCUT2D eigenvalue weighted by Gasteiger charge is -2.15. The average molecular weight is 338 g/mol. The largest absolute Gasteiger partial charge is 0.352 e. The van der Waals surface area contributed by atoms with Crippen molar-refractivity contribution in [2.24, 2.45) is 0 Å². The van der Waals surface area contributed by atoms with Crippen molar-refractivity contribution >= 4 is 17.5 Å². The van der Waals surface area contributed by atoms with E-state index < -0.39 is 0 Å². The van der Waals surface area contributed by atoms with Gasteiger partial charge >= 0.3 is 0 Å². The topological polar surface area (TPSA) is 49.8 Å². The third-order valence-corrected chi connectivity index (χ3v) is 4.89. The fourth-order valence-corrected chi connectivity index (χ4v) is 3.05. The highest BCUT2D eigenvalue weighted by Crippen LogP contribution is 2.40. The van der Waals surface area contributed by atoms with Gasteiger partial charge in [-0.05, 0) is 62.3 Å². The minimum Gasteiger partial charge on any atom is -0.352 e. The number of nitrogens with one attached hydrogen (secondary N) is 2. The van der Waals surface area contributed by atoms with Crippen molar-refractivity contribution in [2.75, 3.05) is 10.6 Å². The van der Waals surface area contributed by atoms with E-state index in [2.05, 4.69) is 74.5 Å². The Labute approximate surface area is 151 Å². The fraction of sp³-hybridized carbons (Fsp3) is 0.524. The zero-order valence-electron chi connectivity index (χ0n) is 16.1. The molecule has 0 spiro atoms. The lowest BCUT2D eigenvalue weighted by atomic mass is 9.98. The molecule has 134 valence electrons. The van der Waals surface area contributed by atoms with Crippen molar-refractivity contribution in [3.8, 4) is 0 Å². The van der Waals surface area contributed by atoms with Gasteiger partial charge in [-0.2, -0.15) is 4.98 Å². The van der Waals surface area contributed by atoms with E-state index in [0.717, 1.165) is 29.6 Å². The molecule has 0 unspecified atom stereocenters. The van der Waals surface area contributed by atoms with Crippen LogP contribution >= 0.6 is 0 Å². The number of aromatic nitrogens is 2. The maximum Gasteiger partial charge on any atom is 0.225 e. The van der Waals surface area contributed by atoms with Crippen LogP contribution < -0.4 is 10.6 Å². The van der Waals surface area contributed by atoms with Crippen LogP contribution in [0, 0.1) is 6.92 Å². The predicted molar refractivity (Wildman–Crippen MR) is 106 cm³/mol. The van der Waals surface area contributed by atoms with Gasteiger partial charge in [0.15, 0.2) is 0 Å². The fourth-order valence-electron chi connectivity index (χ4n) is 3.05. The molecule has 1 atom stereocenters. The van der Waals surface area contributed by atoms with Crippen LogP contribution in [0.2, 0.25) is 0 Å². The Morgan fingerprint density at radius 1 is 1.12 bits per heavy atom. The van der Waals surface area contributed by atoms with E-state index in [1.807, 2.05) is 0 Å². The molecule has 0 amide bonds. The van der Waals surface area contributed by atoms with E-state index in [9.17, 15) is 0 Å². The Bertz CT molecular complexity index is 735. The first-order chi connectivity index (χ1) is 12.0. The van der Waals surface area contributed by atoms with E-state index in [0.29, 0.717) is 17.9 Å². The summed E-state index contributed by atoms with van der Waals surface area (Å²) >= 11 is 0. The molecule has 25 heavy (non-hydrogen) atoms. The van der Waals surface area contributed by atoms with Gasteiger partial charge in [-0.25, -0.2) is 4.98 Å². The molecule has 0 aliphatic heterocycles. The monoisotopic (exact) mass is 338 g/mol. The van der Waals surface area contributed by atoms with Gasteiger partial charge < -0.3 is 10.6 Å². The first-order valence-corrected chi connectivity index (χ1v) is 9.49. The molecule has 1 aliphatic rings. The third-order valence-electron chi connectivity index (χ3n) is 4.89. The molecule has 4 heteroatoms. The van der Waals surface area contributed by atoms with Gasteiger partial charge in [-0.1, -0.05) is 26.8 Å². The van der Waals surface area contributed by atoms with Gasteiger partial charge in [0, 0.05) is 23.7 Å². The van der Waals surface area contributed by atoms with Crippen molar-refractivity contribution < 1.29 is 0 Å². The minimum atomic E-state index is 0.370. The number of anilines is 3. The second-order valence-corrected chi connectivity index (χ2v) is 7.58. The molecule has 1 heterocycles. The summed E-state index contributed by atoms with van der Waals surface area (Å²) in [6, 6.07) is 9.03. The SMILES string of the molecule is CC[C@H](C)Nc1nc(Nc2ccc(C(C)C)c(C)c2)cc(C2CC2)n1. The minimum absolute atomic E-state index is 0.370. The zero-order valence-corrected chi connectivity index (χ0v) is 16.1. The van der Waals surface area contributed by atoms with Crippen LogP contribution in [0.15, 0.2) is 24.3 Å². The molecule has 2 aromatic rings. The van der Waals surface area contributed by atoms with Crippen LogP contribution in [0.25, 0.3) is 0 Å². The highest BCUT2D eigenvalue weighted by molar-refractivity contribution is 5.60. The summed E-state index contributed by atoms with van der Waals surface area (Å²) in [4.78, 5) is 9.40. The zero-order chi connectivity index (χ0) is 18.0. The molecule has 4 nitrogen and oxygen atoms in total. The second-order valence-electron chi connectivity index (χ2n) is 7.58. The number of benzene rings is 1. The summed E-state index contributed by atoms with van der Waals surface area (Å²) in [5.74, 6) is 2.75. The van der Waals surface area contributed by atoms with Gasteiger partial charge in [0.1, 0.15) is 5.82 Å². The molecule has 1 aromatic carbocycles. The normalized spacial score (nSPS) is 15.3. The van der Waals surface area contributed by atoms with Gasteiger partial charge in [0.25, 0.3) is 0 Å². The Kier molecular flexibility index (Phi) is 5.26. The number of rotatable bonds is 7. The van der Waals surface area contributed by atoms with Crippen molar-refractivity contribution in [1.29, 1.82) is 0 Å². The molecule has 1 fully saturated rings. The van der Waals surface area contributed by atoms with E-state index >= 15 is 0 Å². The lowest BCUT2D eigenvalue weighted by Crippen LogP contribution is -2.16. The van der Waals surface area contributed by atoms with Crippen LogP contribution in [-0.4, -0.2) is 16.0 Å². The van der Waals surface area contributed by atoms with Gasteiger partial charge in [0.2, 0.25) is 5.95 Å². The Morgan fingerprint density at radius 3 is 2.48 bits per heavy atom. The molecular weight excluding hydrogens is 308 g/mol. The summed E-state index contributed by atoms with van der Waals surface area (Å²) in [7, 11) is 0. The van der Waals surface area contributed by atoms with E-state index in [-0.39, 0.29) is 0 Å². The van der Waals surface area contributed by atoms with Crippen molar-refractivity contribution in [3.05, 3.63) is 41.1 Å². The molecule has 0 bridgehead atoms. The molecule has 1 saturated carbocycles. The summed E-state index contributed by atoms with van der Waals surface area (Å²) < 4.78 is 0. The quantitative estimate of drug-likeness (QED) is 0.676. The van der Waals surface area contributed by atoms with Gasteiger partial charge in [-0.15, -0.1) is 0 Å². The van der Waals surface area contributed by atoms with E-state index in [1.54, 1.807) is 0 Å². The summed E-state index contributed by atoms with van der Waals surface area (Å²) in [6.07, 6.45) is 3.53. The molecule has 0 radical (unpaired) electrons. The maximum absolute atomic E-state index is 4.72. The number of aryl methyl sites for hydroxylation is 1. The van der Waals surface area contributed by atoms with E-state index in [1.165, 1.54) is 24.0 Å². The standard InChI is InChI=1S/C21H30N4/c1-6-15(5)22-21-24-19(16-7-8-16)12-20(25-21)23-17-9-10-18(13(2)3)14(4)11-17/h9-13,15-16H,6-8H2,1-5H3,(H2,22,23,24,25)/t15-/m0/s1. The van der Waals surface area contributed by atoms with Gasteiger partial charge in [-0.3, -0.25) is 0 Å². The smallest absolute Gasteiger partial charge is 0.225 e. The molecule has 2 N–H and O–H groups in total. The molecular formula is C21H30N4. The molecule has 0 saturated heterocycles. The predicted octanol–water partition coefficient (Wildman–Crippen LogP) is 5.74. The Morgan fingerprint density at radius 2 is 1.88 bits per heavy atom. The second kappa shape index (κ2) is 7.42. The highest BCUT2D eigenvalue weighted by Gasteiger charge is 2.26. The number of nitrogens with zero attached hydrogens (tertiary/aromatic N) is 2. The number of hydrogen-bond acceptors (Lipinski definition) is 4. The molecule has 3 rings (SSSR count). The van der Waals surface area contributed by atoms with Crippen LogP contribution in [0.3, 0.4) is 0 Å². The summed E-state index contributed by atoms with van der Waals surface area (Å²) in [6.45, 7) is 11.0. The third kappa shape index (κ3) is 4.50. The Hall–Kier alpha value is -2.10. The maximum atomic E-state index is 4.72. The highest BCUT2D eigenvalue weighted by atomic mass is 15.2. The Balaban J connectivity index is 1.84. The lowest BCUT2D eigenvalue weighted by molar-refractivity contribution is 0.750. The van der Waals surface area contributed by atoms with Crippen molar-refractivity contribution in [2.45, 2.75) is 71.8 Å². The molecule has 1 aromatic heterocycles. The van der Waals surface area contributed by atoms with Crippen LogP contribution in [0.5, 0.6) is 0 Å². The van der Waals surface area contributed by atoms with Crippen LogP contribution in [-0.2, 0) is 0 Å². The van der Waals surface area contributed by atoms with Crippen LogP contribution in [0.1, 0.15) is 75.6 Å². The number of hydrogen-bond donors (Lipinski definition) is 2. The average Bonchev–Trinajstić information content (AvgIpc) is 3.39. The van der Waals surface area contributed by atoms with E-state index in [4.69, 9.17) is 4.98 Å². The van der Waals surface area contributed by atoms with Gasteiger partial charge in [0.05, 0.1) is 5.69 Å². The first kappa shape index (κ1) is 17.7. The van der Waals surface area contributed by atoms with Crippen LogP contribution in [0.4, 0.5) is 17.5 Å². The first-order valence-electron chi connectivity index (χ1n) is 9.49. The summed E-state index contributed by atoms with van der Waals surface area (Å²) in [5, 5.41) is 6.89. The molecule has 1 aliphatic carbocycles. The van der Waals surface area contributed by atoms with Crippen molar-refractivity contribution in [1.82, 2.24) is 9.97 Å². The van der Waals surface area contributed by atoms with Crippen molar-refractivity contribution in [3.63, 3.8) is 0 Å².